The molecule has 0 saturated heterocycles. The summed E-state index contributed by atoms with van der Waals surface area (Å²) >= 11 is 6.07. The summed E-state index contributed by atoms with van der Waals surface area (Å²) in [5.41, 5.74) is 6.92. The van der Waals surface area contributed by atoms with E-state index in [1.807, 2.05) is 7.05 Å². The van der Waals surface area contributed by atoms with Gasteiger partial charge in [-0.2, -0.15) is 0 Å². The Kier molecular flexibility index (Phi) is 6.39. The van der Waals surface area contributed by atoms with Gasteiger partial charge in [-0.1, -0.05) is 25.4 Å². The standard InChI is InChI=1S/C14H22ClN3O2/c1-10(2)14(16)6-7-17(3)9-11-4-5-12(18(19)20)8-13(11)15/h4-5,8,10,14H,6-7,9,16H2,1-3H3. The monoisotopic (exact) mass is 299 g/mol. The predicted molar refractivity (Wildman–Crippen MR) is 81.9 cm³/mol. The van der Waals surface area contributed by atoms with Gasteiger partial charge in [0.1, 0.15) is 0 Å². The lowest BCUT2D eigenvalue weighted by atomic mass is 10.0. The van der Waals surface area contributed by atoms with E-state index in [2.05, 4.69) is 18.7 Å². The second-order valence-corrected chi connectivity index (χ2v) is 5.87. The highest BCUT2D eigenvalue weighted by molar-refractivity contribution is 6.31. The molecule has 0 saturated carbocycles. The highest BCUT2D eigenvalue weighted by Gasteiger charge is 2.12. The van der Waals surface area contributed by atoms with Gasteiger partial charge in [0.05, 0.1) is 9.95 Å². The van der Waals surface area contributed by atoms with Crippen LogP contribution in [0.5, 0.6) is 0 Å². The largest absolute Gasteiger partial charge is 0.327 e. The molecule has 1 atom stereocenters. The third kappa shape index (κ3) is 5.07. The fourth-order valence-corrected chi connectivity index (χ4v) is 2.09. The number of nitrogens with zero attached hydrogens (tertiary/aromatic N) is 2. The molecule has 0 aliphatic carbocycles. The molecule has 5 nitrogen and oxygen atoms in total. The van der Waals surface area contributed by atoms with E-state index in [-0.39, 0.29) is 11.7 Å². The molecule has 0 aliphatic heterocycles. The van der Waals surface area contributed by atoms with Crippen molar-refractivity contribution in [3.05, 3.63) is 38.9 Å². The van der Waals surface area contributed by atoms with Crippen molar-refractivity contribution < 1.29 is 4.92 Å². The topological polar surface area (TPSA) is 72.4 Å². The second-order valence-electron chi connectivity index (χ2n) is 5.47. The van der Waals surface area contributed by atoms with Crippen LogP contribution in [0.15, 0.2) is 18.2 Å². The summed E-state index contributed by atoms with van der Waals surface area (Å²) in [6.45, 7) is 5.74. The molecular weight excluding hydrogens is 278 g/mol. The van der Waals surface area contributed by atoms with Crippen LogP contribution in [0, 0.1) is 16.0 Å². The van der Waals surface area contributed by atoms with Gasteiger partial charge in [0.25, 0.3) is 5.69 Å². The molecule has 112 valence electrons. The van der Waals surface area contributed by atoms with Crippen LogP contribution in [0.4, 0.5) is 5.69 Å². The molecule has 1 unspecified atom stereocenters. The van der Waals surface area contributed by atoms with E-state index in [1.165, 1.54) is 12.1 Å². The van der Waals surface area contributed by atoms with Crippen LogP contribution in [-0.4, -0.2) is 29.5 Å². The highest BCUT2D eigenvalue weighted by atomic mass is 35.5. The van der Waals surface area contributed by atoms with E-state index < -0.39 is 4.92 Å². The zero-order valence-electron chi connectivity index (χ0n) is 12.2. The Hall–Kier alpha value is -1.17. The van der Waals surface area contributed by atoms with Crippen molar-refractivity contribution in [3.8, 4) is 0 Å². The molecule has 6 heteroatoms. The van der Waals surface area contributed by atoms with Gasteiger partial charge in [-0.05, 0) is 37.6 Å². The molecule has 0 heterocycles. The van der Waals surface area contributed by atoms with Gasteiger partial charge in [0, 0.05) is 24.7 Å². The van der Waals surface area contributed by atoms with Gasteiger partial charge in [-0.25, -0.2) is 0 Å². The minimum Gasteiger partial charge on any atom is -0.327 e. The van der Waals surface area contributed by atoms with Gasteiger partial charge in [-0.3, -0.25) is 10.1 Å². The minimum atomic E-state index is -0.443. The lowest BCUT2D eigenvalue weighted by Crippen LogP contribution is -2.31. The normalized spacial score (nSPS) is 12.9. The summed E-state index contributed by atoms with van der Waals surface area (Å²) in [5, 5.41) is 11.1. The molecule has 0 aliphatic rings. The quantitative estimate of drug-likeness (QED) is 0.620. The van der Waals surface area contributed by atoms with Crippen molar-refractivity contribution in [2.45, 2.75) is 32.9 Å². The number of nitro benzene ring substituents is 1. The maximum Gasteiger partial charge on any atom is 0.270 e. The molecule has 1 aromatic carbocycles. The Bertz CT molecular complexity index is 466. The maximum absolute atomic E-state index is 10.7. The number of nitrogens with two attached hydrogens (primary N) is 1. The summed E-state index contributed by atoms with van der Waals surface area (Å²) in [5.74, 6) is 0.464. The van der Waals surface area contributed by atoms with Crippen LogP contribution in [0.25, 0.3) is 0 Å². The summed E-state index contributed by atoms with van der Waals surface area (Å²) in [6.07, 6.45) is 0.915. The molecule has 0 fully saturated rings. The van der Waals surface area contributed by atoms with Crippen molar-refractivity contribution >= 4 is 17.3 Å². The molecule has 0 spiro atoms. The van der Waals surface area contributed by atoms with E-state index in [0.29, 0.717) is 17.5 Å². The molecular formula is C14H22ClN3O2. The first-order chi connectivity index (χ1) is 9.31. The molecule has 0 aromatic heterocycles. The lowest BCUT2D eigenvalue weighted by Gasteiger charge is -2.21. The van der Waals surface area contributed by atoms with Crippen LogP contribution < -0.4 is 5.73 Å². The molecule has 1 rings (SSSR count). The third-order valence-electron chi connectivity index (χ3n) is 3.39. The SMILES string of the molecule is CC(C)C(N)CCN(C)Cc1ccc([N+](=O)[O-])cc1Cl. The van der Waals surface area contributed by atoms with Crippen molar-refractivity contribution in [2.24, 2.45) is 11.7 Å². The van der Waals surface area contributed by atoms with E-state index in [0.717, 1.165) is 18.5 Å². The number of nitro groups is 1. The second kappa shape index (κ2) is 7.57. The van der Waals surface area contributed by atoms with E-state index in [4.69, 9.17) is 17.3 Å². The number of hydrogen-bond donors (Lipinski definition) is 1. The maximum atomic E-state index is 10.7. The Morgan fingerprint density at radius 1 is 1.45 bits per heavy atom. The van der Waals surface area contributed by atoms with Crippen LogP contribution in [-0.2, 0) is 6.54 Å². The minimum absolute atomic E-state index is 0.0169. The van der Waals surface area contributed by atoms with Crippen LogP contribution in [0.3, 0.4) is 0 Å². The summed E-state index contributed by atoms with van der Waals surface area (Å²) in [6, 6.07) is 4.77. The number of rotatable bonds is 7. The van der Waals surface area contributed by atoms with Gasteiger partial charge in [0.15, 0.2) is 0 Å². The zero-order valence-corrected chi connectivity index (χ0v) is 12.9. The lowest BCUT2D eigenvalue weighted by molar-refractivity contribution is -0.384. The first-order valence-electron chi connectivity index (χ1n) is 6.68. The smallest absolute Gasteiger partial charge is 0.270 e. The molecule has 2 N–H and O–H groups in total. The Labute approximate surface area is 124 Å². The summed E-state index contributed by atoms with van der Waals surface area (Å²) in [4.78, 5) is 12.3. The van der Waals surface area contributed by atoms with Crippen molar-refractivity contribution in [1.29, 1.82) is 0 Å². The third-order valence-corrected chi connectivity index (χ3v) is 3.74. The fourth-order valence-electron chi connectivity index (χ4n) is 1.85. The number of halogens is 1. The van der Waals surface area contributed by atoms with Gasteiger partial charge in [-0.15, -0.1) is 0 Å². The van der Waals surface area contributed by atoms with E-state index >= 15 is 0 Å². The number of hydrogen-bond acceptors (Lipinski definition) is 4. The highest BCUT2D eigenvalue weighted by Crippen LogP contribution is 2.23. The van der Waals surface area contributed by atoms with Crippen LogP contribution in [0.2, 0.25) is 5.02 Å². The molecule has 1 aromatic rings. The fraction of sp³-hybridized carbons (Fsp3) is 0.571. The van der Waals surface area contributed by atoms with Gasteiger partial charge >= 0.3 is 0 Å². The van der Waals surface area contributed by atoms with Gasteiger partial charge in [0.2, 0.25) is 0 Å². The zero-order chi connectivity index (χ0) is 15.3. The van der Waals surface area contributed by atoms with Crippen molar-refractivity contribution in [1.82, 2.24) is 4.90 Å². The average Bonchev–Trinajstić information content (AvgIpc) is 2.37. The predicted octanol–water partition coefficient (Wildman–Crippen LogP) is 3.05. The average molecular weight is 300 g/mol. The van der Waals surface area contributed by atoms with Crippen molar-refractivity contribution in [2.75, 3.05) is 13.6 Å². The van der Waals surface area contributed by atoms with Crippen LogP contribution in [0.1, 0.15) is 25.8 Å². The Balaban J connectivity index is 2.58. The molecule has 0 radical (unpaired) electrons. The molecule has 0 bridgehead atoms. The number of benzene rings is 1. The van der Waals surface area contributed by atoms with Gasteiger partial charge < -0.3 is 10.6 Å². The van der Waals surface area contributed by atoms with Crippen LogP contribution >= 0.6 is 11.6 Å². The first-order valence-corrected chi connectivity index (χ1v) is 7.06. The number of non-ortho nitro benzene ring substituents is 1. The van der Waals surface area contributed by atoms with Crippen molar-refractivity contribution in [3.63, 3.8) is 0 Å². The molecule has 20 heavy (non-hydrogen) atoms. The van der Waals surface area contributed by atoms with E-state index in [9.17, 15) is 10.1 Å². The Morgan fingerprint density at radius 2 is 2.10 bits per heavy atom. The summed E-state index contributed by atoms with van der Waals surface area (Å²) in [7, 11) is 1.99. The summed E-state index contributed by atoms with van der Waals surface area (Å²) < 4.78 is 0. The molecule has 0 amide bonds. The first kappa shape index (κ1) is 16.9. The Morgan fingerprint density at radius 3 is 2.60 bits per heavy atom. The van der Waals surface area contributed by atoms with E-state index in [1.54, 1.807) is 6.07 Å².